The second kappa shape index (κ2) is 6.42. The maximum Gasteiger partial charge on any atom is 0.272 e. The lowest BCUT2D eigenvalue weighted by molar-refractivity contribution is 0.776. The lowest BCUT2D eigenvalue weighted by Crippen LogP contribution is -2.10. The predicted octanol–water partition coefficient (Wildman–Crippen LogP) is 4.21. The normalized spacial score (nSPS) is 11.2. The van der Waals surface area contributed by atoms with Gasteiger partial charge in [0.05, 0.1) is 23.0 Å². The van der Waals surface area contributed by atoms with Crippen LogP contribution in [0.5, 0.6) is 0 Å². The molecule has 6 heteroatoms. The van der Waals surface area contributed by atoms with Crippen molar-refractivity contribution in [1.82, 2.24) is 20.0 Å². The third-order valence-corrected chi connectivity index (χ3v) is 4.82. The Kier molecular flexibility index (Phi) is 4.09. The second-order valence-corrected chi connectivity index (χ2v) is 6.59. The number of hydrogen-bond donors (Lipinski definition) is 1. The van der Waals surface area contributed by atoms with E-state index in [1.54, 1.807) is 0 Å². The van der Waals surface area contributed by atoms with Crippen LogP contribution in [0.4, 0.5) is 0 Å². The number of aryl methyl sites for hydroxylation is 2. The lowest BCUT2D eigenvalue weighted by Gasteiger charge is -2.09. The van der Waals surface area contributed by atoms with Crippen LogP contribution in [0.3, 0.4) is 0 Å². The van der Waals surface area contributed by atoms with E-state index < -0.39 is 0 Å². The summed E-state index contributed by atoms with van der Waals surface area (Å²) in [5, 5.41) is 13.4. The predicted molar refractivity (Wildman–Crippen MR) is 104 cm³/mol. The molecule has 4 rings (SSSR count). The van der Waals surface area contributed by atoms with Gasteiger partial charge in [0.2, 0.25) is 0 Å². The Balaban J connectivity index is 1.94. The van der Waals surface area contributed by atoms with Crippen LogP contribution in [-0.2, 0) is 13.5 Å². The molecule has 0 saturated heterocycles. The molecular weight excluding hydrogens is 348 g/mol. The van der Waals surface area contributed by atoms with E-state index in [9.17, 15) is 4.79 Å². The minimum Gasteiger partial charge on any atom is -0.267 e. The van der Waals surface area contributed by atoms with Gasteiger partial charge in [-0.05, 0) is 36.2 Å². The first kappa shape index (κ1) is 16.5. The number of benzene rings is 2. The molecule has 0 radical (unpaired) electrons. The van der Waals surface area contributed by atoms with Gasteiger partial charge in [0.15, 0.2) is 0 Å². The average Bonchev–Trinajstić information content (AvgIpc) is 3.04. The SMILES string of the molecule is CCc1n[nH]c(=O)c2ccc(-c3cnn(C)c3-c3ccc(Cl)cc3)cc12. The first-order valence-electron chi connectivity index (χ1n) is 8.38. The Morgan fingerprint density at radius 3 is 2.54 bits per heavy atom. The Morgan fingerprint density at radius 1 is 1.08 bits per heavy atom. The van der Waals surface area contributed by atoms with Crippen LogP contribution in [0, 0.1) is 0 Å². The van der Waals surface area contributed by atoms with Crippen molar-refractivity contribution in [3.05, 3.63) is 69.7 Å². The zero-order chi connectivity index (χ0) is 18.3. The summed E-state index contributed by atoms with van der Waals surface area (Å²) >= 11 is 6.02. The van der Waals surface area contributed by atoms with Crippen LogP contribution in [0.15, 0.2) is 53.5 Å². The molecule has 2 heterocycles. The number of rotatable bonds is 3. The van der Waals surface area contributed by atoms with Crippen molar-refractivity contribution < 1.29 is 0 Å². The van der Waals surface area contributed by atoms with Gasteiger partial charge in [-0.15, -0.1) is 0 Å². The average molecular weight is 365 g/mol. The van der Waals surface area contributed by atoms with E-state index in [4.69, 9.17) is 11.6 Å². The monoisotopic (exact) mass is 364 g/mol. The summed E-state index contributed by atoms with van der Waals surface area (Å²) < 4.78 is 1.85. The van der Waals surface area contributed by atoms with Crippen molar-refractivity contribution in [2.24, 2.45) is 7.05 Å². The van der Waals surface area contributed by atoms with Crippen LogP contribution in [-0.4, -0.2) is 20.0 Å². The van der Waals surface area contributed by atoms with E-state index in [-0.39, 0.29) is 5.56 Å². The van der Waals surface area contributed by atoms with E-state index in [0.29, 0.717) is 10.4 Å². The largest absolute Gasteiger partial charge is 0.272 e. The topological polar surface area (TPSA) is 63.6 Å². The highest BCUT2D eigenvalue weighted by atomic mass is 35.5. The lowest BCUT2D eigenvalue weighted by atomic mass is 9.98. The molecule has 0 saturated carbocycles. The zero-order valence-electron chi connectivity index (χ0n) is 14.5. The molecule has 0 fully saturated rings. The number of halogens is 1. The van der Waals surface area contributed by atoms with Crippen LogP contribution in [0.1, 0.15) is 12.6 Å². The van der Waals surface area contributed by atoms with E-state index in [2.05, 4.69) is 15.3 Å². The van der Waals surface area contributed by atoms with Gasteiger partial charge in [-0.1, -0.05) is 36.7 Å². The highest BCUT2D eigenvalue weighted by Crippen LogP contribution is 2.33. The molecule has 26 heavy (non-hydrogen) atoms. The van der Waals surface area contributed by atoms with Crippen LogP contribution in [0.2, 0.25) is 5.02 Å². The zero-order valence-corrected chi connectivity index (χ0v) is 15.2. The van der Waals surface area contributed by atoms with Gasteiger partial charge in [-0.2, -0.15) is 10.2 Å². The highest BCUT2D eigenvalue weighted by molar-refractivity contribution is 6.30. The summed E-state index contributed by atoms with van der Waals surface area (Å²) in [5.74, 6) is 0. The maximum atomic E-state index is 12.1. The number of aromatic amines is 1. The molecule has 0 unspecified atom stereocenters. The third kappa shape index (κ3) is 2.70. The molecule has 2 aromatic carbocycles. The van der Waals surface area contributed by atoms with Crippen molar-refractivity contribution in [1.29, 1.82) is 0 Å². The third-order valence-electron chi connectivity index (χ3n) is 4.57. The number of nitrogens with zero attached hydrogens (tertiary/aromatic N) is 3. The van der Waals surface area contributed by atoms with E-state index in [1.165, 1.54) is 0 Å². The molecule has 0 aliphatic carbocycles. The van der Waals surface area contributed by atoms with Gasteiger partial charge in [-0.3, -0.25) is 9.48 Å². The van der Waals surface area contributed by atoms with E-state index in [1.807, 2.05) is 67.3 Å². The molecule has 0 spiro atoms. The molecule has 1 N–H and O–H groups in total. The number of nitrogens with one attached hydrogen (secondary N) is 1. The van der Waals surface area contributed by atoms with Crippen molar-refractivity contribution in [3.63, 3.8) is 0 Å². The molecular formula is C20H17ClN4O. The summed E-state index contributed by atoms with van der Waals surface area (Å²) in [7, 11) is 1.91. The van der Waals surface area contributed by atoms with Gasteiger partial charge in [0.25, 0.3) is 5.56 Å². The summed E-state index contributed by atoms with van der Waals surface area (Å²) in [6.07, 6.45) is 2.59. The van der Waals surface area contributed by atoms with Crippen LogP contribution < -0.4 is 5.56 Å². The number of fused-ring (bicyclic) bond motifs is 1. The molecule has 0 aliphatic heterocycles. The van der Waals surface area contributed by atoms with Crippen molar-refractivity contribution in [3.8, 4) is 22.4 Å². The summed E-state index contributed by atoms with van der Waals surface area (Å²) in [6.45, 7) is 2.02. The van der Waals surface area contributed by atoms with Crippen LogP contribution >= 0.6 is 11.6 Å². The molecule has 2 aromatic heterocycles. The minimum atomic E-state index is -0.173. The first-order valence-corrected chi connectivity index (χ1v) is 8.76. The molecule has 0 amide bonds. The van der Waals surface area contributed by atoms with Gasteiger partial charge in [0, 0.05) is 28.6 Å². The van der Waals surface area contributed by atoms with Gasteiger partial charge in [-0.25, -0.2) is 5.10 Å². The minimum absolute atomic E-state index is 0.173. The summed E-state index contributed by atoms with van der Waals surface area (Å²) in [6, 6.07) is 13.5. The summed E-state index contributed by atoms with van der Waals surface area (Å²) in [5.41, 5.74) is 4.73. The Morgan fingerprint density at radius 2 is 1.81 bits per heavy atom. The molecule has 0 aliphatic rings. The van der Waals surface area contributed by atoms with E-state index in [0.717, 1.165) is 39.9 Å². The molecule has 0 atom stereocenters. The fourth-order valence-electron chi connectivity index (χ4n) is 3.26. The van der Waals surface area contributed by atoms with Crippen molar-refractivity contribution >= 4 is 22.4 Å². The Hall–Kier alpha value is -2.92. The van der Waals surface area contributed by atoms with Gasteiger partial charge >= 0.3 is 0 Å². The number of H-pyrrole nitrogens is 1. The quantitative estimate of drug-likeness (QED) is 0.592. The second-order valence-electron chi connectivity index (χ2n) is 6.15. The number of aromatic nitrogens is 4. The van der Waals surface area contributed by atoms with E-state index >= 15 is 0 Å². The van der Waals surface area contributed by atoms with Gasteiger partial charge in [0.1, 0.15) is 0 Å². The standard InChI is InChI=1S/C20H17ClN4O/c1-3-18-16-10-13(6-9-15(16)20(26)24-23-18)17-11-22-25(2)19(17)12-4-7-14(21)8-5-12/h4-11H,3H2,1-2H3,(H,24,26). The Labute approximate surface area is 155 Å². The van der Waals surface area contributed by atoms with Crippen molar-refractivity contribution in [2.45, 2.75) is 13.3 Å². The highest BCUT2D eigenvalue weighted by Gasteiger charge is 2.15. The van der Waals surface area contributed by atoms with Crippen LogP contribution in [0.25, 0.3) is 33.2 Å². The number of hydrogen-bond acceptors (Lipinski definition) is 3. The molecule has 0 bridgehead atoms. The molecule has 130 valence electrons. The fraction of sp³-hybridized carbons (Fsp3) is 0.150. The first-order chi connectivity index (χ1) is 12.6. The maximum absolute atomic E-state index is 12.1. The molecule has 4 aromatic rings. The smallest absolute Gasteiger partial charge is 0.267 e. The van der Waals surface area contributed by atoms with Gasteiger partial charge < -0.3 is 0 Å². The summed E-state index contributed by atoms with van der Waals surface area (Å²) in [4.78, 5) is 12.1. The fourth-order valence-corrected chi connectivity index (χ4v) is 3.38. The molecule has 5 nitrogen and oxygen atoms in total. The van der Waals surface area contributed by atoms with Crippen molar-refractivity contribution in [2.75, 3.05) is 0 Å². The Bertz CT molecular complexity index is 1160.